The molecule has 1 aliphatic rings. The summed E-state index contributed by atoms with van der Waals surface area (Å²) in [6.07, 6.45) is 10.7. The van der Waals surface area contributed by atoms with E-state index >= 15 is 0 Å². The molecule has 3 N–H and O–H groups in total. The molecule has 1 fully saturated rings. The van der Waals surface area contributed by atoms with Gasteiger partial charge in [-0.05, 0) is 19.3 Å². The number of aliphatic carboxylic acids is 1. The largest absolute Gasteiger partial charge is 0.481 e. The highest BCUT2D eigenvalue weighted by atomic mass is 16.4. The van der Waals surface area contributed by atoms with Crippen molar-refractivity contribution in [3.8, 4) is 0 Å². The maximum Gasteiger partial charge on any atom is 0.303 e. The van der Waals surface area contributed by atoms with Crippen molar-refractivity contribution in [3.63, 3.8) is 0 Å². The summed E-state index contributed by atoms with van der Waals surface area (Å²) >= 11 is 0. The fraction of sp³-hybridized carbons (Fsp3) is 0.800. The second-order valence-corrected chi connectivity index (χ2v) is 7.22. The van der Waals surface area contributed by atoms with Crippen molar-refractivity contribution in [2.75, 3.05) is 0 Å². The number of hydrogen-bond donors (Lipinski definition) is 3. The lowest BCUT2D eigenvalue weighted by Gasteiger charge is -2.18. The predicted octanol–water partition coefficient (Wildman–Crippen LogP) is 3.48. The van der Waals surface area contributed by atoms with E-state index < -0.39 is 18.2 Å². The third-order valence-electron chi connectivity index (χ3n) is 5.05. The fourth-order valence-electron chi connectivity index (χ4n) is 3.54. The van der Waals surface area contributed by atoms with Crippen LogP contribution >= 0.6 is 0 Å². The van der Waals surface area contributed by atoms with E-state index in [-0.39, 0.29) is 30.5 Å². The van der Waals surface area contributed by atoms with Crippen LogP contribution in [0.4, 0.5) is 0 Å². The molecular formula is C20H34O5. The van der Waals surface area contributed by atoms with Gasteiger partial charge in [-0.25, -0.2) is 0 Å². The van der Waals surface area contributed by atoms with E-state index in [0.717, 1.165) is 51.4 Å². The van der Waals surface area contributed by atoms with Crippen molar-refractivity contribution in [2.24, 2.45) is 11.8 Å². The molecule has 4 atom stereocenters. The predicted molar refractivity (Wildman–Crippen MR) is 97.2 cm³/mol. The Bertz CT molecular complexity index is 432. The number of Topliss-reactive ketones (excluding diaryl/α,β-unsaturated/α-hetero) is 1. The van der Waals surface area contributed by atoms with Crippen molar-refractivity contribution in [1.29, 1.82) is 0 Å². The molecule has 0 heterocycles. The lowest BCUT2D eigenvalue weighted by atomic mass is 9.88. The van der Waals surface area contributed by atoms with Gasteiger partial charge in [0.2, 0.25) is 0 Å². The number of rotatable bonds is 13. The van der Waals surface area contributed by atoms with Gasteiger partial charge in [0, 0.05) is 24.7 Å². The lowest BCUT2D eigenvalue weighted by molar-refractivity contribution is -0.137. The van der Waals surface area contributed by atoms with E-state index in [1.807, 2.05) is 6.08 Å². The summed E-state index contributed by atoms with van der Waals surface area (Å²) in [5.74, 6) is -1.04. The summed E-state index contributed by atoms with van der Waals surface area (Å²) in [4.78, 5) is 22.6. The summed E-state index contributed by atoms with van der Waals surface area (Å²) in [7, 11) is 0. The van der Waals surface area contributed by atoms with Crippen LogP contribution in [0.2, 0.25) is 0 Å². The highest BCUT2D eigenvalue weighted by Gasteiger charge is 2.39. The second-order valence-electron chi connectivity index (χ2n) is 7.22. The van der Waals surface area contributed by atoms with Crippen LogP contribution in [0.5, 0.6) is 0 Å². The van der Waals surface area contributed by atoms with Crippen LogP contribution in [-0.2, 0) is 9.59 Å². The normalized spacial score (nSPS) is 24.9. The quantitative estimate of drug-likeness (QED) is 0.348. The molecule has 0 aromatic carbocycles. The van der Waals surface area contributed by atoms with Crippen molar-refractivity contribution in [3.05, 3.63) is 12.2 Å². The molecule has 0 saturated heterocycles. The molecule has 0 aliphatic heterocycles. The number of ketones is 1. The molecule has 0 aromatic rings. The SMILES string of the molecule is CCCCC[C@H](O)/C=C\[C@H]1[C@H](O)CC(=O)[C@@H]1CCCCCCC(=O)O. The maximum absolute atomic E-state index is 12.1. The average Bonchev–Trinajstić information content (AvgIpc) is 2.82. The van der Waals surface area contributed by atoms with Crippen molar-refractivity contribution in [1.82, 2.24) is 0 Å². The molecule has 25 heavy (non-hydrogen) atoms. The summed E-state index contributed by atoms with van der Waals surface area (Å²) in [5.41, 5.74) is 0. The summed E-state index contributed by atoms with van der Waals surface area (Å²) < 4.78 is 0. The average molecular weight is 354 g/mol. The molecule has 5 nitrogen and oxygen atoms in total. The molecule has 0 spiro atoms. The Kier molecular flexibility index (Phi) is 10.7. The zero-order chi connectivity index (χ0) is 18.7. The number of carboxylic acids is 1. The van der Waals surface area contributed by atoms with Gasteiger partial charge in [0.1, 0.15) is 5.78 Å². The van der Waals surface area contributed by atoms with E-state index in [9.17, 15) is 19.8 Å². The molecule has 144 valence electrons. The first kappa shape index (κ1) is 21.8. The van der Waals surface area contributed by atoms with Crippen LogP contribution in [0.15, 0.2) is 12.2 Å². The number of carbonyl (C=O) groups excluding carboxylic acids is 1. The number of carbonyl (C=O) groups is 2. The van der Waals surface area contributed by atoms with Gasteiger partial charge in [-0.15, -0.1) is 0 Å². The summed E-state index contributed by atoms with van der Waals surface area (Å²) in [5, 5.41) is 28.7. The molecule has 1 saturated carbocycles. The third-order valence-corrected chi connectivity index (χ3v) is 5.05. The van der Waals surface area contributed by atoms with E-state index in [2.05, 4.69) is 6.92 Å². The Hall–Kier alpha value is -1.20. The van der Waals surface area contributed by atoms with Crippen LogP contribution in [0.3, 0.4) is 0 Å². The molecule has 0 radical (unpaired) electrons. The van der Waals surface area contributed by atoms with Crippen molar-refractivity contribution in [2.45, 2.75) is 89.8 Å². The van der Waals surface area contributed by atoms with Crippen LogP contribution in [0.25, 0.3) is 0 Å². The van der Waals surface area contributed by atoms with Crippen molar-refractivity contribution < 1.29 is 24.9 Å². The minimum atomic E-state index is -0.767. The minimum Gasteiger partial charge on any atom is -0.481 e. The van der Waals surface area contributed by atoms with Crippen LogP contribution in [0, 0.1) is 11.8 Å². The third kappa shape index (κ3) is 8.63. The highest BCUT2D eigenvalue weighted by molar-refractivity contribution is 5.84. The first-order chi connectivity index (χ1) is 12.0. The Labute approximate surface area is 151 Å². The Morgan fingerprint density at radius 1 is 1.20 bits per heavy atom. The first-order valence-electron chi connectivity index (χ1n) is 9.74. The number of hydrogen-bond acceptors (Lipinski definition) is 4. The number of aliphatic hydroxyl groups is 2. The molecule has 0 bridgehead atoms. The standard InChI is InChI=1S/C20H34O5/c1-2-3-6-9-15(21)12-13-17-16(18(22)14-19(17)23)10-7-4-5-8-11-20(24)25/h12-13,15-17,19,21,23H,2-11,14H2,1H3,(H,24,25)/b13-12-/t15-,16+,17+,19+/m0/s1. The van der Waals surface area contributed by atoms with E-state index in [1.54, 1.807) is 6.08 Å². The van der Waals surface area contributed by atoms with Gasteiger partial charge in [-0.1, -0.05) is 57.6 Å². The molecule has 0 unspecified atom stereocenters. The molecule has 0 amide bonds. The Morgan fingerprint density at radius 3 is 2.60 bits per heavy atom. The molecule has 1 aliphatic carbocycles. The molecule has 1 rings (SSSR count). The summed E-state index contributed by atoms with van der Waals surface area (Å²) in [6, 6.07) is 0. The molecular weight excluding hydrogens is 320 g/mol. The second kappa shape index (κ2) is 12.2. The maximum atomic E-state index is 12.1. The van der Waals surface area contributed by atoms with Crippen LogP contribution in [0.1, 0.15) is 77.6 Å². The van der Waals surface area contributed by atoms with E-state index in [4.69, 9.17) is 5.11 Å². The Morgan fingerprint density at radius 2 is 1.92 bits per heavy atom. The summed E-state index contributed by atoms with van der Waals surface area (Å²) in [6.45, 7) is 2.12. The van der Waals surface area contributed by atoms with Gasteiger partial charge < -0.3 is 15.3 Å². The van der Waals surface area contributed by atoms with E-state index in [0.29, 0.717) is 6.42 Å². The van der Waals surface area contributed by atoms with Crippen LogP contribution < -0.4 is 0 Å². The number of unbranched alkanes of at least 4 members (excludes halogenated alkanes) is 5. The molecule has 0 aromatic heterocycles. The van der Waals surface area contributed by atoms with Crippen molar-refractivity contribution >= 4 is 11.8 Å². The first-order valence-corrected chi connectivity index (χ1v) is 9.74. The topological polar surface area (TPSA) is 94.8 Å². The fourth-order valence-corrected chi connectivity index (χ4v) is 3.54. The highest BCUT2D eigenvalue weighted by Crippen LogP contribution is 2.34. The van der Waals surface area contributed by atoms with Gasteiger partial charge in [0.05, 0.1) is 12.2 Å². The zero-order valence-electron chi connectivity index (χ0n) is 15.4. The van der Waals surface area contributed by atoms with Crippen LogP contribution in [-0.4, -0.2) is 39.3 Å². The molecule has 5 heteroatoms. The van der Waals surface area contributed by atoms with Gasteiger partial charge in [-0.2, -0.15) is 0 Å². The Balaban J connectivity index is 2.39. The monoisotopic (exact) mass is 354 g/mol. The number of aliphatic hydroxyl groups excluding tert-OH is 2. The van der Waals surface area contributed by atoms with Gasteiger partial charge in [-0.3, -0.25) is 9.59 Å². The smallest absolute Gasteiger partial charge is 0.303 e. The lowest BCUT2D eigenvalue weighted by Crippen LogP contribution is -2.19. The van der Waals surface area contributed by atoms with Gasteiger partial charge >= 0.3 is 5.97 Å². The number of carboxylic acid groups (broad SMARTS) is 1. The van der Waals surface area contributed by atoms with Gasteiger partial charge in [0.15, 0.2) is 0 Å². The zero-order valence-corrected chi connectivity index (χ0v) is 15.4. The van der Waals surface area contributed by atoms with Gasteiger partial charge in [0.25, 0.3) is 0 Å². The minimum absolute atomic E-state index is 0.105. The van der Waals surface area contributed by atoms with E-state index in [1.165, 1.54) is 0 Å².